The van der Waals surface area contributed by atoms with Gasteiger partial charge in [-0.25, -0.2) is 4.39 Å². The van der Waals surface area contributed by atoms with Gasteiger partial charge in [-0.1, -0.05) is 60.1 Å². The van der Waals surface area contributed by atoms with E-state index >= 15 is 0 Å². The molecule has 2 amide bonds. The first-order valence-corrected chi connectivity index (χ1v) is 10.0. The normalized spacial score (nSPS) is 13.8. The summed E-state index contributed by atoms with van der Waals surface area (Å²) in [5, 5.41) is 3.46. The second kappa shape index (κ2) is 8.67. The summed E-state index contributed by atoms with van der Waals surface area (Å²) in [5.74, 6) is -0.705. The zero-order valence-corrected chi connectivity index (χ0v) is 16.9. The molecule has 1 heterocycles. The van der Waals surface area contributed by atoms with Gasteiger partial charge >= 0.3 is 0 Å². The Morgan fingerprint density at radius 2 is 1.73 bits per heavy atom. The predicted molar refractivity (Wildman–Crippen MR) is 113 cm³/mol. The van der Waals surface area contributed by atoms with E-state index in [2.05, 4.69) is 5.32 Å². The Hall–Kier alpha value is -3.18. The topological polar surface area (TPSA) is 49.4 Å². The SMILES string of the molecule is O=C(CC(c1ccc(F)cc1)N1Cc2ccccc2C1=O)NCc1ccccc1Cl. The molecule has 152 valence electrons. The number of hydrogen-bond acceptors (Lipinski definition) is 2. The molecule has 0 saturated heterocycles. The molecule has 0 fully saturated rings. The van der Waals surface area contributed by atoms with Gasteiger partial charge in [-0.15, -0.1) is 0 Å². The summed E-state index contributed by atoms with van der Waals surface area (Å²) in [5.41, 5.74) is 3.09. The molecular weight excluding hydrogens is 403 g/mol. The van der Waals surface area contributed by atoms with E-state index in [4.69, 9.17) is 11.6 Å². The molecule has 0 spiro atoms. The van der Waals surface area contributed by atoms with E-state index in [1.807, 2.05) is 36.4 Å². The minimum atomic E-state index is -0.503. The van der Waals surface area contributed by atoms with Crippen LogP contribution in [0.25, 0.3) is 0 Å². The van der Waals surface area contributed by atoms with Gasteiger partial charge in [0, 0.05) is 23.7 Å². The van der Waals surface area contributed by atoms with Gasteiger partial charge in [-0.05, 0) is 41.0 Å². The molecule has 3 aromatic carbocycles. The number of nitrogens with zero attached hydrogens (tertiary/aromatic N) is 1. The van der Waals surface area contributed by atoms with Crippen LogP contribution in [0.5, 0.6) is 0 Å². The highest BCUT2D eigenvalue weighted by Crippen LogP contribution is 2.33. The van der Waals surface area contributed by atoms with Gasteiger partial charge in [0.25, 0.3) is 5.91 Å². The number of halogens is 2. The van der Waals surface area contributed by atoms with Gasteiger partial charge in [0.2, 0.25) is 5.91 Å². The fourth-order valence-corrected chi connectivity index (χ4v) is 3.91. The number of nitrogens with one attached hydrogen (secondary N) is 1. The van der Waals surface area contributed by atoms with E-state index in [0.717, 1.165) is 11.1 Å². The van der Waals surface area contributed by atoms with Crippen LogP contribution in [0.1, 0.15) is 39.5 Å². The van der Waals surface area contributed by atoms with Gasteiger partial charge in [-0.3, -0.25) is 9.59 Å². The van der Waals surface area contributed by atoms with Crippen molar-refractivity contribution < 1.29 is 14.0 Å². The summed E-state index contributed by atoms with van der Waals surface area (Å²) in [4.78, 5) is 27.4. The molecule has 6 heteroatoms. The molecule has 0 bridgehead atoms. The first-order chi connectivity index (χ1) is 14.5. The Morgan fingerprint density at radius 1 is 1.03 bits per heavy atom. The molecule has 0 aliphatic carbocycles. The number of amides is 2. The van der Waals surface area contributed by atoms with Crippen LogP contribution in [0.15, 0.2) is 72.8 Å². The Bertz CT molecular complexity index is 1080. The standard InChI is InChI=1S/C24H20ClFN2O2/c25-21-8-4-2-5-17(21)14-27-23(29)13-22(16-9-11-19(26)12-10-16)28-15-18-6-1-3-7-20(18)24(28)30/h1-12,22H,13-15H2,(H,27,29). The van der Waals surface area contributed by atoms with E-state index in [1.165, 1.54) is 12.1 Å². The highest BCUT2D eigenvalue weighted by Gasteiger charge is 2.34. The summed E-state index contributed by atoms with van der Waals surface area (Å²) >= 11 is 6.16. The Labute approximate surface area is 179 Å². The molecular formula is C24H20ClFN2O2. The van der Waals surface area contributed by atoms with Crippen LogP contribution >= 0.6 is 11.6 Å². The van der Waals surface area contributed by atoms with E-state index in [-0.39, 0.29) is 24.1 Å². The van der Waals surface area contributed by atoms with Gasteiger partial charge in [0.1, 0.15) is 5.82 Å². The average Bonchev–Trinajstić information content (AvgIpc) is 3.09. The lowest BCUT2D eigenvalue weighted by Gasteiger charge is -2.28. The summed E-state index contributed by atoms with van der Waals surface area (Å²) < 4.78 is 13.5. The van der Waals surface area contributed by atoms with Gasteiger partial charge < -0.3 is 10.2 Å². The molecule has 0 saturated carbocycles. The molecule has 0 radical (unpaired) electrons. The molecule has 1 aliphatic heterocycles. The molecule has 30 heavy (non-hydrogen) atoms. The Balaban J connectivity index is 1.54. The van der Waals surface area contributed by atoms with Gasteiger partial charge in [0.05, 0.1) is 12.5 Å². The van der Waals surface area contributed by atoms with Crippen molar-refractivity contribution in [3.8, 4) is 0 Å². The molecule has 4 rings (SSSR count). The Morgan fingerprint density at radius 3 is 2.47 bits per heavy atom. The minimum absolute atomic E-state index is 0.0653. The summed E-state index contributed by atoms with van der Waals surface area (Å²) in [7, 11) is 0. The monoisotopic (exact) mass is 422 g/mol. The first-order valence-electron chi connectivity index (χ1n) is 9.67. The predicted octanol–water partition coefficient (Wildman–Crippen LogP) is 4.88. The lowest BCUT2D eigenvalue weighted by atomic mass is 10.0. The third kappa shape index (κ3) is 4.21. The zero-order chi connectivity index (χ0) is 21.1. The van der Waals surface area contributed by atoms with Crippen molar-refractivity contribution in [3.63, 3.8) is 0 Å². The Kier molecular flexibility index (Phi) is 5.81. The number of rotatable bonds is 6. The molecule has 1 unspecified atom stereocenters. The molecule has 4 nitrogen and oxygen atoms in total. The van der Waals surface area contributed by atoms with Crippen molar-refractivity contribution in [2.24, 2.45) is 0 Å². The lowest BCUT2D eigenvalue weighted by Crippen LogP contribution is -2.34. The van der Waals surface area contributed by atoms with Crippen molar-refractivity contribution >= 4 is 23.4 Å². The fraction of sp³-hybridized carbons (Fsp3) is 0.167. The molecule has 1 N–H and O–H groups in total. The van der Waals surface area contributed by atoms with Crippen LogP contribution < -0.4 is 5.32 Å². The van der Waals surface area contributed by atoms with E-state index in [1.54, 1.807) is 29.2 Å². The minimum Gasteiger partial charge on any atom is -0.352 e. The molecule has 1 aliphatic rings. The maximum Gasteiger partial charge on any atom is 0.255 e. The van der Waals surface area contributed by atoms with Gasteiger partial charge in [-0.2, -0.15) is 0 Å². The average molecular weight is 423 g/mol. The highest BCUT2D eigenvalue weighted by atomic mass is 35.5. The van der Waals surface area contributed by atoms with Crippen LogP contribution in [0, 0.1) is 5.82 Å². The van der Waals surface area contributed by atoms with E-state index < -0.39 is 6.04 Å². The van der Waals surface area contributed by atoms with E-state index in [0.29, 0.717) is 29.2 Å². The van der Waals surface area contributed by atoms with Crippen molar-refractivity contribution in [2.75, 3.05) is 0 Å². The summed E-state index contributed by atoms with van der Waals surface area (Å²) in [6.45, 7) is 0.706. The van der Waals surface area contributed by atoms with Gasteiger partial charge in [0.15, 0.2) is 0 Å². The quantitative estimate of drug-likeness (QED) is 0.615. The van der Waals surface area contributed by atoms with Crippen LogP contribution in [0.3, 0.4) is 0 Å². The second-order valence-electron chi connectivity index (χ2n) is 7.23. The highest BCUT2D eigenvalue weighted by molar-refractivity contribution is 6.31. The number of fused-ring (bicyclic) bond motifs is 1. The van der Waals surface area contributed by atoms with Crippen LogP contribution in [0.4, 0.5) is 4.39 Å². The molecule has 0 aromatic heterocycles. The maximum atomic E-state index is 13.5. The third-order valence-electron chi connectivity index (χ3n) is 5.29. The molecule has 1 atom stereocenters. The lowest BCUT2D eigenvalue weighted by molar-refractivity contribution is -0.122. The number of benzene rings is 3. The number of carbonyl (C=O) groups is 2. The van der Waals surface area contributed by atoms with E-state index in [9.17, 15) is 14.0 Å². The largest absolute Gasteiger partial charge is 0.352 e. The zero-order valence-electron chi connectivity index (χ0n) is 16.1. The number of hydrogen-bond donors (Lipinski definition) is 1. The maximum absolute atomic E-state index is 13.5. The molecule has 3 aromatic rings. The van der Waals surface area contributed by atoms with Crippen molar-refractivity contribution in [1.82, 2.24) is 10.2 Å². The number of carbonyl (C=O) groups excluding carboxylic acids is 2. The smallest absolute Gasteiger partial charge is 0.255 e. The van der Waals surface area contributed by atoms with Crippen LogP contribution in [-0.4, -0.2) is 16.7 Å². The third-order valence-corrected chi connectivity index (χ3v) is 5.66. The summed E-state index contributed by atoms with van der Waals surface area (Å²) in [6.07, 6.45) is 0.0653. The van der Waals surface area contributed by atoms with Crippen LogP contribution in [-0.2, 0) is 17.9 Å². The van der Waals surface area contributed by atoms with Crippen LogP contribution in [0.2, 0.25) is 5.02 Å². The second-order valence-corrected chi connectivity index (χ2v) is 7.64. The van der Waals surface area contributed by atoms with Crippen molar-refractivity contribution in [2.45, 2.75) is 25.6 Å². The summed E-state index contributed by atoms with van der Waals surface area (Å²) in [6, 6.07) is 20.1. The first kappa shape index (κ1) is 20.1. The van der Waals surface area contributed by atoms with Crippen molar-refractivity contribution in [3.05, 3.63) is 106 Å². The fourth-order valence-electron chi connectivity index (χ4n) is 3.70. The van der Waals surface area contributed by atoms with Crippen molar-refractivity contribution in [1.29, 1.82) is 0 Å².